The highest BCUT2D eigenvalue weighted by Gasteiger charge is 2.23. The molecule has 0 aliphatic carbocycles. The number of aryl methyl sites for hydroxylation is 1. The molecule has 0 fully saturated rings. The van der Waals surface area contributed by atoms with Gasteiger partial charge in [-0.1, -0.05) is 20.8 Å². The molecule has 0 saturated carbocycles. The van der Waals surface area contributed by atoms with Crippen LogP contribution in [0.4, 0.5) is 0 Å². The van der Waals surface area contributed by atoms with Crippen LogP contribution in [0.2, 0.25) is 0 Å². The lowest BCUT2D eigenvalue weighted by Gasteiger charge is -2.25. The van der Waals surface area contributed by atoms with Crippen molar-refractivity contribution < 1.29 is 14.7 Å². The molecule has 0 aromatic carbocycles. The maximum absolute atomic E-state index is 12.1. The molecule has 0 aliphatic rings. The molecule has 0 aliphatic heterocycles. The van der Waals surface area contributed by atoms with E-state index in [4.69, 9.17) is 5.11 Å². The topological polar surface area (TPSA) is 71.3 Å². The first-order valence-corrected chi connectivity index (χ1v) is 6.33. The molecule has 5 nitrogen and oxygen atoms in total. The summed E-state index contributed by atoms with van der Waals surface area (Å²) in [5.74, 6) is -1.13. The molecule has 5 heteroatoms. The van der Waals surface area contributed by atoms with Gasteiger partial charge in [0.15, 0.2) is 0 Å². The lowest BCUT2D eigenvalue weighted by atomic mass is 9.87. The molecule has 19 heavy (non-hydrogen) atoms. The molecule has 106 valence electrons. The Kier molecular flexibility index (Phi) is 4.75. The smallest absolute Gasteiger partial charge is 0.305 e. The van der Waals surface area contributed by atoms with E-state index < -0.39 is 5.97 Å². The van der Waals surface area contributed by atoms with E-state index in [1.54, 1.807) is 29.9 Å². The van der Waals surface area contributed by atoms with Gasteiger partial charge in [-0.05, 0) is 24.0 Å². The summed E-state index contributed by atoms with van der Waals surface area (Å²) in [6.45, 7) is 6.07. The summed E-state index contributed by atoms with van der Waals surface area (Å²) >= 11 is 0. The second-order valence-electron chi connectivity index (χ2n) is 6.04. The standard InChI is InChI=1S/C14H22N2O3/c1-14(2,3)9-10(8-12(17)18)15-13(19)11-6-5-7-16(11)4/h5-7,10H,8-9H2,1-4H3,(H,15,19)(H,17,18). The number of rotatable bonds is 5. The van der Waals surface area contributed by atoms with E-state index in [-0.39, 0.29) is 23.8 Å². The Hall–Kier alpha value is -1.78. The molecule has 1 unspecified atom stereocenters. The van der Waals surface area contributed by atoms with Crippen molar-refractivity contribution in [1.82, 2.24) is 9.88 Å². The number of amides is 1. The summed E-state index contributed by atoms with van der Waals surface area (Å²) in [6.07, 6.45) is 2.34. The first-order chi connectivity index (χ1) is 8.69. The van der Waals surface area contributed by atoms with E-state index in [9.17, 15) is 9.59 Å². The van der Waals surface area contributed by atoms with Gasteiger partial charge < -0.3 is 15.0 Å². The predicted molar refractivity (Wildman–Crippen MR) is 73.0 cm³/mol. The molecule has 1 heterocycles. The van der Waals surface area contributed by atoms with Crippen LogP contribution in [0, 0.1) is 5.41 Å². The Morgan fingerprint density at radius 3 is 2.47 bits per heavy atom. The van der Waals surface area contributed by atoms with Gasteiger partial charge in [0.25, 0.3) is 5.91 Å². The van der Waals surface area contributed by atoms with Gasteiger partial charge in [0.2, 0.25) is 0 Å². The quantitative estimate of drug-likeness (QED) is 0.856. The fourth-order valence-corrected chi connectivity index (χ4v) is 2.08. The van der Waals surface area contributed by atoms with Crippen LogP contribution in [-0.2, 0) is 11.8 Å². The van der Waals surface area contributed by atoms with Gasteiger partial charge >= 0.3 is 5.97 Å². The second kappa shape index (κ2) is 5.91. The van der Waals surface area contributed by atoms with Crippen molar-refractivity contribution in [2.75, 3.05) is 0 Å². The SMILES string of the molecule is Cn1cccc1C(=O)NC(CC(=O)O)CC(C)(C)C. The van der Waals surface area contributed by atoms with Gasteiger partial charge in [-0.15, -0.1) is 0 Å². The number of nitrogens with one attached hydrogen (secondary N) is 1. The van der Waals surface area contributed by atoms with Crippen LogP contribution in [0.3, 0.4) is 0 Å². The molecule has 0 saturated heterocycles. The van der Waals surface area contributed by atoms with E-state index in [1.807, 2.05) is 20.8 Å². The van der Waals surface area contributed by atoms with Gasteiger partial charge in [0, 0.05) is 19.3 Å². The van der Waals surface area contributed by atoms with Gasteiger partial charge in [-0.25, -0.2) is 0 Å². The molecule has 1 atom stereocenters. The third-order valence-corrected chi connectivity index (χ3v) is 2.79. The van der Waals surface area contributed by atoms with Crippen LogP contribution in [0.5, 0.6) is 0 Å². The van der Waals surface area contributed by atoms with E-state index >= 15 is 0 Å². The summed E-state index contributed by atoms with van der Waals surface area (Å²) in [4.78, 5) is 23.0. The number of carbonyl (C=O) groups is 2. The van der Waals surface area contributed by atoms with Crippen molar-refractivity contribution in [2.24, 2.45) is 12.5 Å². The van der Waals surface area contributed by atoms with Crippen LogP contribution in [0.15, 0.2) is 18.3 Å². The first-order valence-electron chi connectivity index (χ1n) is 6.33. The summed E-state index contributed by atoms with van der Waals surface area (Å²) in [5, 5.41) is 11.7. The summed E-state index contributed by atoms with van der Waals surface area (Å²) in [5.41, 5.74) is 0.492. The fraction of sp³-hybridized carbons (Fsp3) is 0.571. The van der Waals surface area contributed by atoms with E-state index in [0.717, 1.165) is 0 Å². The largest absolute Gasteiger partial charge is 0.481 e. The van der Waals surface area contributed by atoms with Crippen LogP contribution >= 0.6 is 0 Å². The number of carbonyl (C=O) groups excluding carboxylic acids is 1. The molecule has 1 amide bonds. The average Bonchev–Trinajstić information content (AvgIpc) is 2.60. The summed E-state index contributed by atoms with van der Waals surface area (Å²) < 4.78 is 1.71. The van der Waals surface area contributed by atoms with Gasteiger partial charge in [0.05, 0.1) is 6.42 Å². The van der Waals surface area contributed by atoms with Gasteiger partial charge in [0.1, 0.15) is 5.69 Å². The van der Waals surface area contributed by atoms with Crippen LogP contribution < -0.4 is 5.32 Å². The van der Waals surface area contributed by atoms with Crippen molar-refractivity contribution >= 4 is 11.9 Å². The van der Waals surface area contributed by atoms with Crippen LogP contribution in [0.1, 0.15) is 44.1 Å². The molecule has 0 radical (unpaired) electrons. The van der Waals surface area contributed by atoms with Crippen LogP contribution in [0.25, 0.3) is 0 Å². The maximum Gasteiger partial charge on any atom is 0.305 e. The van der Waals surface area contributed by atoms with E-state index in [2.05, 4.69) is 5.32 Å². The third-order valence-electron chi connectivity index (χ3n) is 2.79. The maximum atomic E-state index is 12.1. The highest BCUT2D eigenvalue weighted by atomic mass is 16.4. The lowest BCUT2D eigenvalue weighted by Crippen LogP contribution is -2.39. The Bertz CT molecular complexity index is 458. The number of hydrogen-bond donors (Lipinski definition) is 2. The van der Waals surface area contributed by atoms with Crippen molar-refractivity contribution in [2.45, 2.75) is 39.7 Å². The Labute approximate surface area is 113 Å². The number of aromatic nitrogens is 1. The molecular weight excluding hydrogens is 244 g/mol. The Balaban J connectivity index is 2.74. The monoisotopic (exact) mass is 266 g/mol. The van der Waals surface area contributed by atoms with E-state index in [1.165, 1.54) is 0 Å². The minimum Gasteiger partial charge on any atom is -0.481 e. The van der Waals surface area contributed by atoms with Gasteiger partial charge in [-0.2, -0.15) is 0 Å². The second-order valence-corrected chi connectivity index (χ2v) is 6.04. The number of nitrogens with zero attached hydrogens (tertiary/aromatic N) is 1. The third kappa shape index (κ3) is 5.16. The molecular formula is C14H22N2O3. The van der Waals surface area contributed by atoms with Crippen molar-refractivity contribution in [3.8, 4) is 0 Å². The van der Waals surface area contributed by atoms with Crippen LogP contribution in [-0.4, -0.2) is 27.6 Å². The highest BCUT2D eigenvalue weighted by molar-refractivity contribution is 5.93. The first kappa shape index (κ1) is 15.3. The number of hydrogen-bond acceptors (Lipinski definition) is 2. The minimum absolute atomic E-state index is 0.0401. The molecule has 1 aromatic rings. The zero-order valence-electron chi connectivity index (χ0n) is 11.9. The normalized spacial score (nSPS) is 13.1. The number of carboxylic acid groups (broad SMARTS) is 1. The summed E-state index contributed by atoms with van der Waals surface area (Å²) in [6, 6.07) is 3.13. The average molecular weight is 266 g/mol. The van der Waals surface area contributed by atoms with Gasteiger partial charge in [-0.3, -0.25) is 9.59 Å². The zero-order valence-corrected chi connectivity index (χ0v) is 11.9. The highest BCUT2D eigenvalue weighted by Crippen LogP contribution is 2.22. The van der Waals surface area contributed by atoms with Crippen molar-refractivity contribution in [1.29, 1.82) is 0 Å². The molecule has 0 spiro atoms. The Morgan fingerprint density at radius 2 is 2.05 bits per heavy atom. The van der Waals surface area contributed by atoms with Crippen molar-refractivity contribution in [3.63, 3.8) is 0 Å². The Morgan fingerprint density at radius 1 is 1.42 bits per heavy atom. The fourth-order valence-electron chi connectivity index (χ4n) is 2.08. The zero-order chi connectivity index (χ0) is 14.6. The molecule has 2 N–H and O–H groups in total. The van der Waals surface area contributed by atoms with Crippen molar-refractivity contribution in [3.05, 3.63) is 24.0 Å². The van der Waals surface area contributed by atoms with E-state index in [0.29, 0.717) is 12.1 Å². The molecule has 1 rings (SSSR count). The summed E-state index contributed by atoms with van der Waals surface area (Å²) in [7, 11) is 1.78. The number of aliphatic carboxylic acids is 1. The predicted octanol–water partition coefficient (Wildman–Crippen LogP) is 2.03. The molecule has 1 aromatic heterocycles. The number of carboxylic acids is 1. The lowest BCUT2D eigenvalue weighted by molar-refractivity contribution is -0.137. The molecule has 0 bridgehead atoms. The minimum atomic E-state index is -0.901.